The zero-order valence-electron chi connectivity index (χ0n) is 32.1. The number of fused-ring (bicyclic) bond motifs is 3. The number of likely N-dealkylation sites (tertiary alicyclic amines) is 2. The number of rotatable bonds is 5. The maximum atomic E-state index is 13.3. The lowest BCUT2D eigenvalue weighted by molar-refractivity contribution is 0.00616. The number of carbonyl (C=O) groups excluding carboxylic acids is 2. The van der Waals surface area contributed by atoms with Crippen molar-refractivity contribution < 1.29 is 19.1 Å². The average Bonchev–Trinajstić information content (AvgIpc) is 3.71. The maximum absolute atomic E-state index is 13.3. The summed E-state index contributed by atoms with van der Waals surface area (Å²) >= 11 is 0. The highest BCUT2D eigenvalue weighted by molar-refractivity contribution is 5.83. The molecule has 9 rings (SSSR count). The highest BCUT2D eigenvalue weighted by Crippen LogP contribution is 2.58. The lowest BCUT2D eigenvalue weighted by Crippen LogP contribution is -2.43. The molecule has 0 unspecified atom stereocenters. The molecule has 4 aliphatic rings. The number of nitrogens with one attached hydrogen (secondary N) is 2. The summed E-state index contributed by atoms with van der Waals surface area (Å²) in [5.41, 5.74) is 7.46. The van der Waals surface area contributed by atoms with E-state index < -0.39 is 11.2 Å². The summed E-state index contributed by atoms with van der Waals surface area (Å²) < 4.78 is 11.6. The van der Waals surface area contributed by atoms with Gasteiger partial charge in [0, 0.05) is 12.6 Å². The third-order valence-electron chi connectivity index (χ3n) is 11.7. The van der Waals surface area contributed by atoms with Gasteiger partial charge >= 0.3 is 12.2 Å². The van der Waals surface area contributed by atoms with E-state index in [2.05, 4.69) is 76.7 Å². The lowest BCUT2D eigenvalue weighted by atomic mass is 9.98. The van der Waals surface area contributed by atoms with Crippen LogP contribution < -0.4 is 0 Å². The molecular weight excluding hydrogens is 677 g/mol. The van der Waals surface area contributed by atoms with Crippen molar-refractivity contribution >= 4 is 23.2 Å². The molecule has 2 amide bonds. The number of H-pyrrole nitrogens is 2. The zero-order valence-corrected chi connectivity index (χ0v) is 32.1. The van der Waals surface area contributed by atoms with Gasteiger partial charge in [0.1, 0.15) is 22.9 Å². The molecular formula is C44H50N6O4. The van der Waals surface area contributed by atoms with Crippen LogP contribution in [-0.4, -0.2) is 65.7 Å². The monoisotopic (exact) mass is 726 g/mol. The van der Waals surface area contributed by atoms with E-state index in [0.717, 1.165) is 101 Å². The first kappa shape index (κ1) is 34.6. The van der Waals surface area contributed by atoms with Crippen molar-refractivity contribution in [3.8, 4) is 33.5 Å². The van der Waals surface area contributed by atoms with Gasteiger partial charge in [-0.1, -0.05) is 54.6 Å². The van der Waals surface area contributed by atoms with Crippen LogP contribution in [0.2, 0.25) is 0 Å². The Bertz CT molecular complexity index is 2220. The Hall–Kier alpha value is -5.12. The fourth-order valence-corrected chi connectivity index (χ4v) is 8.97. The van der Waals surface area contributed by atoms with Crippen LogP contribution in [-0.2, 0) is 9.47 Å². The molecule has 2 saturated heterocycles. The summed E-state index contributed by atoms with van der Waals surface area (Å²) in [6.07, 6.45) is 7.71. The van der Waals surface area contributed by atoms with Crippen LogP contribution in [0.1, 0.15) is 104 Å². The highest BCUT2D eigenvalue weighted by atomic mass is 16.6. The molecule has 4 atom stereocenters. The Labute approximate surface area is 316 Å². The molecule has 4 fully saturated rings. The number of amides is 2. The topological polar surface area (TPSA) is 116 Å². The highest BCUT2D eigenvalue weighted by Gasteiger charge is 2.55. The van der Waals surface area contributed by atoms with Crippen LogP contribution in [0.25, 0.3) is 44.5 Å². The van der Waals surface area contributed by atoms with Gasteiger partial charge in [0.05, 0.1) is 35.0 Å². The first-order chi connectivity index (χ1) is 25.7. The number of imidazole rings is 2. The summed E-state index contributed by atoms with van der Waals surface area (Å²) in [5.74, 6) is 2.06. The Morgan fingerprint density at radius 1 is 0.759 bits per heavy atom. The summed E-state index contributed by atoms with van der Waals surface area (Å²) in [6.45, 7) is 12.2. The van der Waals surface area contributed by atoms with Crippen LogP contribution in [0.5, 0.6) is 0 Å². The Kier molecular flexibility index (Phi) is 7.99. The largest absolute Gasteiger partial charge is 0.444 e. The van der Waals surface area contributed by atoms with E-state index in [-0.39, 0.29) is 35.7 Å². The lowest BCUT2D eigenvalue weighted by Gasteiger charge is -2.35. The Morgan fingerprint density at radius 2 is 1.37 bits per heavy atom. The van der Waals surface area contributed by atoms with Gasteiger partial charge in [0.25, 0.3) is 0 Å². The molecule has 280 valence electrons. The van der Waals surface area contributed by atoms with Crippen molar-refractivity contribution in [1.29, 1.82) is 0 Å². The fourth-order valence-electron chi connectivity index (χ4n) is 8.97. The number of aromatic nitrogens is 4. The minimum Gasteiger partial charge on any atom is -0.444 e. The van der Waals surface area contributed by atoms with Crippen molar-refractivity contribution in [1.82, 2.24) is 29.7 Å². The van der Waals surface area contributed by atoms with E-state index in [1.54, 1.807) is 0 Å². The fraction of sp³-hybridized carbons (Fsp3) is 0.455. The molecule has 2 bridgehead atoms. The van der Waals surface area contributed by atoms with Gasteiger partial charge < -0.3 is 19.4 Å². The van der Waals surface area contributed by atoms with Crippen molar-refractivity contribution in [2.45, 2.75) is 109 Å². The minimum absolute atomic E-state index is 0.0906. The second-order valence-electron chi connectivity index (χ2n) is 18.1. The minimum atomic E-state index is -0.542. The second-order valence-corrected chi connectivity index (χ2v) is 18.1. The predicted octanol–water partition coefficient (Wildman–Crippen LogP) is 10.2. The van der Waals surface area contributed by atoms with Gasteiger partial charge in [-0.25, -0.2) is 19.6 Å². The van der Waals surface area contributed by atoms with Gasteiger partial charge in [0.2, 0.25) is 0 Å². The van der Waals surface area contributed by atoms with Crippen LogP contribution >= 0.6 is 0 Å². The summed E-state index contributed by atoms with van der Waals surface area (Å²) in [5, 5.41) is 0. The predicted molar refractivity (Wildman–Crippen MR) is 208 cm³/mol. The number of benzene rings is 3. The average molecular weight is 727 g/mol. The van der Waals surface area contributed by atoms with Crippen LogP contribution in [0, 0.1) is 11.3 Å². The third-order valence-corrected chi connectivity index (χ3v) is 11.7. The molecule has 2 aliphatic heterocycles. The smallest absolute Gasteiger partial charge is 0.411 e. The van der Waals surface area contributed by atoms with Crippen molar-refractivity contribution in [3.63, 3.8) is 0 Å². The van der Waals surface area contributed by atoms with E-state index in [9.17, 15) is 9.59 Å². The molecule has 0 radical (unpaired) electrons. The van der Waals surface area contributed by atoms with Crippen molar-refractivity contribution in [2.24, 2.45) is 11.3 Å². The molecule has 5 aromatic rings. The van der Waals surface area contributed by atoms with Gasteiger partial charge in [-0.2, -0.15) is 0 Å². The Morgan fingerprint density at radius 3 is 2.02 bits per heavy atom. The molecule has 2 aliphatic carbocycles. The molecule has 3 aromatic carbocycles. The molecule has 2 N–H and O–H groups in total. The number of piperidine rings is 1. The number of carbonyl (C=O) groups is 2. The standard InChI is InChI=1S/C44H50N6O4/c1-42(2,3)53-40(51)49-25-44(19-20-44)23-36(49)38-45-24-35(48-38)29-13-11-27(12-14-29)26-7-9-28(10-8-26)30-16-18-33-34(22-30)47-39(46-33)37-31-15-17-32(21-31)50(37)41(52)54-43(4,5)6/h7-14,16,18,22,24,31-32,36-37H,15,17,19-21,23,25H2,1-6H3,(H,45,48)(H,46,47)/t31-,32+,36-,37-/m0/s1. The van der Waals surface area contributed by atoms with E-state index in [1.807, 2.05) is 57.5 Å². The summed E-state index contributed by atoms with van der Waals surface area (Å²) in [4.78, 5) is 47.1. The summed E-state index contributed by atoms with van der Waals surface area (Å²) in [6, 6.07) is 23.5. The number of aromatic amines is 2. The number of nitrogens with zero attached hydrogens (tertiary/aromatic N) is 4. The van der Waals surface area contributed by atoms with Gasteiger partial charge in [0.15, 0.2) is 0 Å². The van der Waals surface area contributed by atoms with E-state index in [4.69, 9.17) is 19.4 Å². The second kappa shape index (κ2) is 12.5. The van der Waals surface area contributed by atoms with Crippen molar-refractivity contribution in [2.75, 3.05) is 6.54 Å². The molecule has 1 spiro atoms. The van der Waals surface area contributed by atoms with Crippen LogP contribution in [0.15, 0.2) is 72.9 Å². The van der Waals surface area contributed by atoms with Crippen LogP contribution in [0.3, 0.4) is 0 Å². The number of hydrogen-bond acceptors (Lipinski definition) is 6. The van der Waals surface area contributed by atoms with E-state index in [1.165, 1.54) is 0 Å². The maximum Gasteiger partial charge on any atom is 0.411 e. The van der Waals surface area contributed by atoms with Crippen molar-refractivity contribution in [3.05, 3.63) is 84.6 Å². The quantitative estimate of drug-likeness (QED) is 0.186. The molecule has 10 heteroatoms. The SMILES string of the molecule is CC(C)(C)OC(=O)N1CC2(CC2)C[C@H]1c1ncc(-c2ccc(-c3ccc(-c4ccc5nc([C@@H]6[C@H]7CC[C@H](C7)N6C(=O)OC(C)(C)C)[nH]c5c4)cc3)cc2)[nH]1. The normalized spacial score (nSPS) is 23.1. The number of hydrogen-bond donors (Lipinski definition) is 2. The molecule has 10 nitrogen and oxygen atoms in total. The van der Waals surface area contributed by atoms with Gasteiger partial charge in [-0.05, 0) is 131 Å². The number of ether oxygens (including phenoxy) is 2. The summed E-state index contributed by atoms with van der Waals surface area (Å²) in [7, 11) is 0. The van der Waals surface area contributed by atoms with Gasteiger partial charge in [-0.15, -0.1) is 0 Å². The molecule has 54 heavy (non-hydrogen) atoms. The molecule has 4 heterocycles. The molecule has 2 saturated carbocycles. The Balaban J connectivity index is 0.893. The molecule has 2 aromatic heterocycles. The zero-order chi connectivity index (χ0) is 37.6. The third kappa shape index (κ3) is 6.54. The van der Waals surface area contributed by atoms with E-state index >= 15 is 0 Å². The van der Waals surface area contributed by atoms with E-state index in [0.29, 0.717) is 5.92 Å². The first-order valence-electron chi connectivity index (χ1n) is 19.5. The van der Waals surface area contributed by atoms with Crippen LogP contribution in [0.4, 0.5) is 9.59 Å². The first-order valence-corrected chi connectivity index (χ1v) is 19.5. The van der Waals surface area contributed by atoms with Gasteiger partial charge in [-0.3, -0.25) is 9.80 Å².